The number of carboxylic acid groups (broad SMARTS) is 1. The SMILES string of the molecule is N#C/C(=C\c1c2ccccc2cc2ccccc12)C(=O)Nc1ccc(C(=O)O)cc1. The van der Waals surface area contributed by atoms with Crippen LogP contribution in [0.25, 0.3) is 27.6 Å². The maximum absolute atomic E-state index is 12.7. The summed E-state index contributed by atoms with van der Waals surface area (Å²) in [4.78, 5) is 23.7. The van der Waals surface area contributed by atoms with Crippen LogP contribution in [0.3, 0.4) is 0 Å². The van der Waals surface area contributed by atoms with Crippen molar-refractivity contribution < 1.29 is 14.7 Å². The van der Waals surface area contributed by atoms with Crippen LogP contribution in [0.5, 0.6) is 0 Å². The van der Waals surface area contributed by atoms with Crippen LogP contribution >= 0.6 is 0 Å². The van der Waals surface area contributed by atoms with E-state index in [9.17, 15) is 14.9 Å². The summed E-state index contributed by atoms with van der Waals surface area (Å²) in [6.45, 7) is 0. The summed E-state index contributed by atoms with van der Waals surface area (Å²) < 4.78 is 0. The summed E-state index contributed by atoms with van der Waals surface area (Å²) in [5, 5.41) is 25.2. The fraction of sp³-hybridized carbons (Fsp3) is 0. The first-order valence-corrected chi connectivity index (χ1v) is 9.24. The largest absolute Gasteiger partial charge is 0.478 e. The molecule has 0 saturated carbocycles. The molecule has 0 saturated heterocycles. The summed E-state index contributed by atoms with van der Waals surface area (Å²) in [6.07, 6.45) is 1.60. The summed E-state index contributed by atoms with van der Waals surface area (Å²) in [5.41, 5.74) is 1.29. The van der Waals surface area contributed by atoms with Crippen LogP contribution in [0.2, 0.25) is 0 Å². The molecule has 4 aromatic rings. The number of amides is 1. The van der Waals surface area contributed by atoms with Crippen molar-refractivity contribution in [3.8, 4) is 6.07 Å². The third-order valence-corrected chi connectivity index (χ3v) is 4.86. The molecule has 0 aliphatic carbocycles. The zero-order valence-corrected chi connectivity index (χ0v) is 15.8. The lowest BCUT2D eigenvalue weighted by Crippen LogP contribution is -2.13. The van der Waals surface area contributed by atoms with Crippen molar-refractivity contribution in [2.24, 2.45) is 0 Å². The van der Waals surface area contributed by atoms with Crippen LogP contribution in [0.15, 0.2) is 84.4 Å². The second kappa shape index (κ2) is 7.90. The van der Waals surface area contributed by atoms with Gasteiger partial charge in [-0.1, -0.05) is 48.5 Å². The Kier molecular flexibility index (Phi) is 4.98. The van der Waals surface area contributed by atoms with E-state index in [1.165, 1.54) is 24.3 Å². The number of nitriles is 1. The monoisotopic (exact) mass is 392 g/mol. The van der Waals surface area contributed by atoms with E-state index in [2.05, 4.69) is 11.4 Å². The minimum atomic E-state index is -1.05. The van der Waals surface area contributed by atoms with E-state index in [4.69, 9.17) is 5.11 Å². The number of hydrogen-bond donors (Lipinski definition) is 2. The smallest absolute Gasteiger partial charge is 0.335 e. The fourth-order valence-corrected chi connectivity index (χ4v) is 3.39. The van der Waals surface area contributed by atoms with Gasteiger partial charge < -0.3 is 10.4 Å². The van der Waals surface area contributed by atoms with E-state index in [1.54, 1.807) is 6.08 Å². The molecule has 0 unspecified atom stereocenters. The molecule has 30 heavy (non-hydrogen) atoms. The van der Waals surface area contributed by atoms with E-state index in [-0.39, 0.29) is 11.1 Å². The number of benzene rings is 4. The summed E-state index contributed by atoms with van der Waals surface area (Å²) >= 11 is 0. The van der Waals surface area contributed by atoms with Crippen LogP contribution in [0.4, 0.5) is 5.69 Å². The van der Waals surface area contributed by atoms with Gasteiger partial charge in [0.15, 0.2) is 0 Å². The zero-order chi connectivity index (χ0) is 21.1. The number of aromatic carboxylic acids is 1. The maximum atomic E-state index is 12.7. The highest BCUT2D eigenvalue weighted by atomic mass is 16.4. The van der Waals surface area contributed by atoms with E-state index in [1.807, 2.05) is 54.6 Å². The van der Waals surface area contributed by atoms with Crippen LogP contribution < -0.4 is 5.32 Å². The van der Waals surface area contributed by atoms with Crippen molar-refractivity contribution in [3.63, 3.8) is 0 Å². The molecule has 0 radical (unpaired) electrons. The predicted octanol–water partition coefficient (Wildman–Crippen LogP) is 5.24. The Hall–Kier alpha value is -4.43. The molecule has 0 aromatic heterocycles. The third kappa shape index (κ3) is 3.62. The van der Waals surface area contributed by atoms with E-state index < -0.39 is 11.9 Å². The standard InChI is InChI=1S/C25H16N2O3/c26-15-19(24(28)27-20-11-9-16(10-12-20)25(29)30)14-23-21-7-3-1-5-17(21)13-18-6-2-4-8-22(18)23/h1-14H,(H,27,28)(H,29,30)/b19-14+. The number of hydrogen-bond acceptors (Lipinski definition) is 3. The Morgan fingerprint density at radius 1 is 0.867 bits per heavy atom. The van der Waals surface area contributed by atoms with Gasteiger partial charge in [-0.3, -0.25) is 4.79 Å². The van der Waals surface area contributed by atoms with Crippen LogP contribution in [-0.4, -0.2) is 17.0 Å². The minimum Gasteiger partial charge on any atom is -0.478 e. The van der Waals surface area contributed by atoms with Gasteiger partial charge in [0.2, 0.25) is 0 Å². The highest BCUT2D eigenvalue weighted by molar-refractivity contribution is 6.14. The molecule has 4 aromatic carbocycles. The quantitative estimate of drug-likeness (QED) is 0.282. The first-order valence-electron chi connectivity index (χ1n) is 9.24. The predicted molar refractivity (Wildman–Crippen MR) is 117 cm³/mol. The number of rotatable bonds is 4. The number of carbonyl (C=O) groups excluding carboxylic acids is 1. The lowest BCUT2D eigenvalue weighted by molar-refractivity contribution is -0.112. The Morgan fingerprint density at radius 3 is 1.97 bits per heavy atom. The van der Waals surface area contributed by atoms with E-state index in [0.717, 1.165) is 27.1 Å². The van der Waals surface area contributed by atoms with Crippen LogP contribution in [-0.2, 0) is 4.79 Å². The zero-order valence-electron chi connectivity index (χ0n) is 15.8. The Morgan fingerprint density at radius 2 is 1.43 bits per heavy atom. The van der Waals surface area contributed by atoms with Crippen molar-refractivity contribution in [1.29, 1.82) is 5.26 Å². The topological polar surface area (TPSA) is 90.2 Å². The van der Waals surface area contributed by atoms with Gasteiger partial charge in [-0.25, -0.2) is 4.79 Å². The van der Waals surface area contributed by atoms with Gasteiger partial charge in [-0.05, 0) is 63.5 Å². The van der Waals surface area contributed by atoms with Crippen molar-refractivity contribution in [3.05, 3.63) is 95.6 Å². The normalized spacial score (nSPS) is 11.2. The average molecular weight is 392 g/mol. The summed E-state index contributed by atoms with van der Waals surface area (Å²) in [5.74, 6) is -1.61. The molecule has 0 spiro atoms. The number of carboxylic acids is 1. The van der Waals surface area contributed by atoms with Gasteiger partial charge in [0.25, 0.3) is 5.91 Å². The molecular formula is C25H16N2O3. The molecule has 0 aliphatic heterocycles. The lowest BCUT2D eigenvalue weighted by atomic mass is 9.95. The molecular weight excluding hydrogens is 376 g/mol. The molecule has 5 heteroatoms. The molecule has 1 amide bonds. The molecule has 0 atom stereocenters. The Balaban J connectivity index is 1.76. The highest BCUT2D eigenvalue weighted by Crippen LogP contribution is 2.30. The van der Waals surface area contributed by atoms with Gasteiger partial charge in [-0.15, -0.1) is 0 Å². The number of nitrogens with zero attached hydrogens (tertiary/aromatic N) is 1. The Labute approximate surface area is 172 Å². The molecule has 0 fully saturated rings. The number of anilines is 1. The van der Waals surface area contributed by atoms with Crippen LogP contribution in [0, 0.1) is 11.3 Å². The molecule has 4 rings (SSSR count). The number of fused-ring (bicyclic) bond motifs is 2. The summed E-state index contributed by atoms with van der Waals surface area (Å²) in [6, 6.07) is 25.5. The third-order valence-electron chi connectivity index (χ3n) is 4.86. The fourth-order valence-electron chi connectivity index (χ4n) is 3.39. The van der Waals surface area contributed by atoms with Gasteiger partial charge in [0.1, 0.15) is 11.6 Å². The molecule has 144 valence electrons. The van der Waals surface area contributed by atoms with Crippen molar-refractivity contribution in [1.82, 2.24) is 0 Å². The average Bonchev–Trinajstić information content (AvgIpc) is 2.77. The molecule has 0 bridgehead atoms. The van der Waals surface area contributed by atoms with Gasteiger partial charge in [0, 0.05) is 5.69 Å². The van der Waals surface area contributed by atoms with E-state index >= 15 is 0 Å². The van der Waals surface area contributed by atoms with Crippen LogP contribution in [0.1, 0.15) is 15.9 Å². The highest BCUT2D eigenvalue weighted by Gasteiger charge is 2.13. The molecule has 0 aliphatic rings. The lowest BCUT2D eigenvalue weighted by Gasteiger charge is -2.10. The number of nitrogens with one attached hydrogen (secondary N) is 1. The first kappa shape index (κ1) is 18.9. The van der Waals surface area contributed by atoms with Crippen molar-refractivity contribution in [2.75, 3.05) is 5.32 Å². The second-order valence-corrected chi connectivity index (χ2v) is 6.74. The van der Waals surface area contributed by atoms with Gasteiger partial charge >= 0.3 is 5.97 Å². The molecule has 0 heterocycles. The van der Waals surface area contributed by atoms with Gasteiger partial charge in [-0.2, -0.15) is 5.26 Å². The first-order chi connectivity index (χ1) is 14.6. The van der Waals surface area contributed by atoms with E-state index in [0.29, 0.717) is 5.69 Å². The van der Waals surface area contributed by atoms with Crippen molar-refractivity contribution in [2.45, 2.75) is 0 Å². The molecule has 5 nitrogen and oxygen atoms in total. The summed E-state index contributed by atoms with van der Waals surface area (Å²) in [7, 11) is 0. The van der Waals surface area contributed by atoms with Gasteiger partial charge in [0.05, 0.1) is 5.56 Å². The minimum absolute atomic E-state index is 0.0428. The van der Waals surface area contributed by atoms with Crippen molar-refractivity contribution >= 4 is 45.2 Å². The Bertz CT molecular complexity index is 1310. The maximum Gasteiger partial charge on any atom is 0.335 e. The molecule has 2 N–H and O–H groups in total. The second-order valence-electron chi connectivity index (χ2n) is 6.74. The number of carbonyl (C=O) groups is 2.